The lowest BCUT2D eigenvalue weighted by atomic mass is 9.93. The molecular weight excluding hydrogens is 358 g/mol. The molecule has 5 heteroatoms. The summed E-state index contributed by atoms with van der Waals surface area (Å²) >= 11 is 3.49. The number of halogens is 1. The van der Waals surface area contributed by atoms with E-state index in [1.165, 1.54) is 0 Å². The molecule has 3 rings (SSSR count). The number of anilines is 1. The molecule has 0 bridgehead atoms. The van der Waals surface area contributed by atoms with Gasteiger partial charge in [-0.3, -0.25) is 4.79 Å². The van der Waals surface area contributed by atoms with Crippen molar-refractivity contribution < 1.29 is 14.3 Å². The van der Waals surface area contributed by atoms with Gasteiger partial charge in [0, 0.05) is 17.2 Å². The van der Waals surface area contributed by atoms with E-state index in [4.69, 9.17) is 9.47 Å². The number of likely N-dealkylation sites (N-methyl/N-ethyl adjacent to an activating group) is 1. The Hall–Kier alpha value is -2.01. The van der Waals surface area contributed by atoms with Gasteiger partial charge < -0.3 is 14.4 Å². The Morgan fingerprint density at radius 1 is 1.09 bits per heavy atom. The first-order valence-electron chi connectivity index (χ1n) is 7.33. The predicted octanol–water partition coefficient (Wildman–Crippen LogP) is 3.77. The number of methoxy groups -OCH3 is 2. The zero-order valence-corrected chi connectivity index (χ0v) is 14.9. The van der Waals surface area contributed by atoms with E-state index in [-0.39, 0.29) is 11.8 Å². The molecule has 0 radical (unpaired) electrons. The minimum Gasteiger partial charge on any atom is -0.493 e. The number of hydrogen-bond donors (Lipinski definition) is 0. The van der Waals surface area contributed by atoms with Gasteiger partial charge >= 0.3 is 0 Å². The number of carbonyl (C=O) groups is 1. The number of rotatable bonds is 4. The molecule has 0 N–H and O–H groups in total. The Balaban J connectivity index is 1.95. The van der Waals surface area contributed by atoms with E-state index < -0.39 is 0 Å². The molecule has 0 spiro atoms. The van der Waals surface area contributed by atoms with Gasteiger partial charge in [0.25, 0.3) is 0 Å². The summed E-state index contributed by atoms with van der Waals surface area (Å²) < 4.78 is 11.6. The molecule has 0 aromatic heterocycles. The topological polar surface area (TPSA) is 38.8 Å². The van der Waals surface area contributed by atoms with E-state index in [2.05, 4.69) is 15.9 Å². The van der Waals surface area contributed by atoms with Gasteiger partial charge in [0.15, 0.2) is 11.5 Å². The van der Waals surface area contributed by atoms with Gasteiger partial charge in [0.2, 0.25) is 5.91 Å². The number of amides is 1. The van der Waals surface area contributed by atoms with E-state index in [0.29, 0.717) is 17.9 Å². The van der Waals surface area contributed by atoms with E-state index >= 15 is 0 Å². The van der Waals surface area contributed by atoms with Crippen LogP contribution in [0.4, 0.5) is 5.69 Å². The maximum Gasteiger partial charge on any atom is 0.234 e. The van der Waals surface area contributed by atoms with Crippen LogP contribution in [-0.2, 0) is 11.2 Å². The van der Waals surface area contributed by atoms with Crippen LogP contribution < -0.4 is 14.4 Å². The van der Waals surface area contributed by atoms with Crippen LogP contribution in [0.15, 0.2) is 40.9 Å². The second kappa shape index (κ2) is 6.24. The lowest BCUT2D eigenvalue weighted by Crippen LogP contribution is -2.24. The van der Waals surface area contributed by atoms with E-state index in [9.17, 15) is 4.79 Å². The summed E-state index contributed by atoms with van der Waals surface area (Å²) in [5.41, 5.74) is 3.08. The molecule has 1 aliphatic rings. The van der Waals surface area contributed by atoms with Crippen molar-refractivity contribution in [3.05, 3.63) is 52.0 Å². The van der Waals surface area contributed by atoms with Gasteiger partial charge in [-0.1, -0.05) is 22.0 Å². The fraction of sp³-hybridized carbons (Fsp3) is 0.278. The Labute approximate surface area is 144 Å². The molecule has 1 heterocycles. The quantitative estimate of drug-likeness (QED) is 0.816. The normalized spacial score (nSPS) is 16.4. The van der Waals surface area contributed by atoms with Gasteiger partial charge in [-0.2, -0.15) is 0 Å². The summed E-state index contributed by atoms with van der Waals surface area (Å²) in [6.45, 7) is 0. The van der Waals surface area contributed by atoms with Crippen LogP contribution in [0.5, 0.6) is 11.5 Å². The van der Waals surface area contributed by atoms with Crippen LogP contribution in [0.3, 0.4) is 0 Å². The zero-order valence-electron chi connectivity index (χ0n) is 13.3. The summed E-state index contributed by atoms with van der Waals surface area (Å²) in [5.74, 6) is 1.31. The SMILES string of the molecule is COc1ccc(CC2C(=O)N(C)c3ccc(Br)cc32)cc1OC. The third-order valence-electron chi connectivity index (χ3n) is 4.24. The fourth-order valence-corrected chi connectivity index (χ4v) is 3.41. The summed E-state index contributed by atoms with van der Waals surface area (Å²) in [6.07, 6.45) is 0.632. The second-order valence-corrected chi connectivity index (χ2v) is 6.46. The Morgan fingerprint density at radius 3 is 2.52 bits per heavy atom. The fourth-order valence-electron chi connectivity index (χ4n) is 3.04. The summed E-state index contributed by atoms with van der Waals surface area (Å²) in [4.78, 5) is 14.3. The van der Waals surface area contributed by atoms with Crippen molar-refractivity contribution in [2.45, 2.75) is 12.3 Å². The average Bonchev–Trinajstić information content (AvgIpc) is 2.79. The number of ether oxygens (including phenoxy) is 2. The van der Waals surface area contributed by atoms with Gasteiger partial charge in [0.05, 0.1) is 20.1 Å². The van der Waals surface area contributed by atoms with Gasteiger partial charge in [-0.15, -0.1) is 0 Å². The van der Waals surface area contributed by atoms with Crippen LogP contribution in [0.2, 0.25) is 0 Å². The Bertz CT molecular complexity index is 760. The molecule has 0 saturated heterocycles. The largest absolute Gasteiger partial charge is 0.493 e. The highest BCUT2D eigenvalue weighted by molar-refractivity contribution is 9.10. The lowest BCUT2D eigenvalue weighted by molar-refractivity contribution is -0.119. The minimum atomic E-state index is -0.175. The summed E-state index contributed by atoms with van der Waals surface area (Å²) in [5, 5.41) is 0. The molecule has 120 valence electrons. The van der Waals surface area contributed by atoms with Crippen molar-refractivity contribution in [3.8, 4) is 11.5 Å². The number of carbonyl (C=O) groups excluding carboxylic acids is 1. The minimum absolute atomic E-state index is 0.118. The first-order valence-corrected chi connectivity index (χ1v) is 8.12. The van der Waals surface area contributed by atoms with Crippen molar-refractivity contribution in [1.82, 2.24) is 0 Å². The van der Waals surface area contributed by atoms with Crippen molar-refractivity contribution in [2.24, 2.45) is 0 Å². The second-order valence-electron chi connectivity index (χ2n) is 5.55. The molecule has 0 fully saturated rings. The number of nitrogens with zero attached hydrogens (tertiary/aromatic N) is 1. The summed E-state index contributed by atoms with van der Waals surface area (Å²) in [7, 11) is 5.05. The molecule has 1 aliphatic heterocycles. The third kappa shape index (κ3) is 2.81. The molecule has 4 nitrogen and oxygen atoms in total. The zero-order chi connectivity index (χ0) is 16.6. The van der Waals surface area contributed by atoms with Crippen LogP contribution in [0.25, 0.3) is 0 Å². The predicted molar refractivity (Wildman–Crippen MR) is 93.5 cm³/mol. The standard InChI is InChI=1S/C18H18BrNO3/c1-20-15-6-5-12(19)10-13(15)14(18(20)21)8-11-4-7-16(22-2)17(9-11)23-3/h4-7,9-10,14H,8H2,1-3H3. The number of fused-ring (bicyclic) bond motifs is 1. The van der Waals surface area contributed by atoms with E-state index in [1.54, 1.807) is 19.1 Å². The molecule has 0 saturated carbocycles. The third-order valence-corrected chi connectivity index (χ3v) is 4.74. The molecular formula is C18H18BrNO3. The van der Waals surface area contributed by atoms with E-state index in [0.717, 1.165) is 21.3 Å². The van der Waals surface area contributed by atoms with Crippen LogP contribution in [0.1, 0.15) is 17.0 Å². The van der Waals surface area contributed by atoms with Crippen molar-refractivity contribution in [1.29, 1.82) is 0 Å². The maximum absolute atomic E-state index is 12.6. The molecule has 23 heavy (non-hydrogen) atoms. The smallest absolute Gasteiger partial charge is 0.234 e. The highest BCUT2D eigenvalue weighted by Crippen LogP contribution is 2.40. The highest BCUT2D eigenvalue weighted by Gasteiger charge is 2.35. The van der Waals surface area contributed by atoms with Crippen molar-refractivity contribution in [2.75, 3.05) is 26.2 Å². The monoisotopic (exact) mass is 375 g/mol. The molecule has 2 aromatic carbocycles. The van der Waals surface area contributed by atoms with E-state index in [1.807, 2.05) is 43.4 Å². The molecule has 0 aliphatic carbocycles. The highest BCUT2D eigenvalue weighted by atomic mass is 79.9. The maximum atomic E-state index is 12.6. The van der Waals surface area contributed by atoms with Crippen LogP contribution >= 0.6 is 15.9 Å². The van der Waals surface area contributed by atoms with Gasteiger partial charge in [-0.25, -0.2) is 0 Å². The number of hydrogen-bond acceptors (Lipinski definition) is 3. The van der Waals surface area contributed by atoms with Crippen molar-refractivity contribution >= 4 is 27.5 Å². The first kappa shape index (κ1) is 15.9. The Morgan fingerprint density at radius 2 is 1.83 bits per heavy atom. The van der Waals surface area contributed by atoms with Gasteiger partial charge in [0.1, 0.15) is 0 Å². The average molecular weight is 376 g/mol. The number of benzene rings is 2. The summed E-state index contributed by atoms with van der Waals surface area (Å²) in [6, 6.07) is 11.8. The molecule has 1 unspecified atom stereocenters. The lowest BCUT2D eigenvalue weighted by Gasteiger charge is -2.13. The molecule has 2 aromatic rings. The Kier molecular flexibility index (Phi) is 4.31. The first-order chi connectivity index (χ1) is 11.0. The van der Waals surface area contributed by atoms with Gasteiger partial charge in [-0.05, 0) is 47.9 Å². The van der Waals surface area contributed by atoms with Crippen molar-refractivity contribution in [3.63, 3.8) is 0 Å². The molecule has 1 amide bonds. The molecule has 1 atom stereocenters. The van der Waals surface area contributed by atoms with Crippen LogP contribution in [0, 0.1) is 0 Å². The van der Waals surface area contributed by atoms with Crippen LogP contribution in [-0.4, -0.2) is 27.2 Å².